The molecule has 1 N–H and O–H groups in total. The van der Waals surface area contributed by atoms with Crippen LogP contribution in [0, 0.1) is 0 Å². The van der Waals surface area contributed by atoms with E-state index in [1.54, 1.807) is 0 Å². The van der Waals surface area contributed by atoms with Crippen molar-refractivity contribution in [3.63, 3.8) is 0 Å². The Labute approximate surface area is 238 Å². The van der Waals surface area contributed by atoms with Crippen LogP contribution in [-0.2, 0) is 13.6 Å². The van der Waals surface area contributed by atoms with Gasteiger partial charge in [-0.2, -0.15) is 0 Å². The fourth-order valence-electron chi connectivity index (χ4n) is 4.99. The van der Waals surface area contributed by atoms with Gasteiger partial charge < -0.3 is 9.79 Å². The molecule has 5 nitrogen and oxygen atoms in total. The van der Waals surface area contributed by atoms with Gasteiger partial charge in [-0.05, 0) is 51.7 Å². The van der Waals surface area contributed by atoms with Gasteiger partial charge in [0, 0.05) is 0 Å². The van der Waals surface area contributed by atoms with Crippen molar-refractivity contribution in [2.75, 3.05) is 32.8 Å². The Bertz CT molecular complexity index is 488. The molecule has 0 heterocycles. The first kappa shape index (κ1) is 38.1. The van der Waals surface area contributed by atoms with Crippen molar-refractivity contribution < 1.29 is 18.5 Å². The Morgan fingerprint density at radius 2 is 0.711 bits per heavy atom. The van der Waals surface area contributed by atoms with Crippen LogP contribution in [0.4, 0.5) is 0 Å². The average molecular weight is 562 g/mol. The molecule has 1 atom stereocenters. The Hall–Kier alpha value is 0.0700. The highest BCUT2D eigenvalue weighted by molar-refractivity contribution is 7.47. The zero-order valence-electron chi connectivity index (χ0n) is 26.1. The lowest BCUT2D eigenvalue weighted by atomic mass is 10.1. The highest BCUT2D eigenvalue weighted by atomic mass is 31.2. The smallest absolute Gasteiger partial charge is 0.303 e. The van der Waals surface area contributed by atoms with Crippen LogP contribution in [0.15, 0.2) is 0 Å². The zero-order chi connectivity index (χ0) is 28.0. The Morgan fingerprint density at radius 3 is 1.08 bits per heavy atom. The standard InChI is InChI=1S/C32H68NO4P/c1-4-7-10-13-16-19-22-26-31-36-38(34,35)37-32-27-25-30-33(28-23-20-17-14-11-8-5-2)29-24-21-18-15-12-9-6-3/h4-32H2,1-3H3,(H,34,35). The molecule has 0 aromatic carbocycles. The lowest BCUT2D eigenvalue weighted by Gasteiger charge is -2.22. The van der Waals surface area contributed by atoms with Gasteiger partial charge >= 0.3 is 7.82 Å². The third kappa shape index (κ3) is 29.1. The molecule has 0 saturated heterocycles. The third-order valence-corrected chi connectivity index (χ3v) is 8.55. The van der Waals surface area contributed by atoms with E-state index in [4.69, 9.17) is 9.05 Å². The average Bonchev–Trinajstić information content (AvgIpc) is 2.90. The summed E-state index contributed by atoms with van der Waals surface area (Å²) in [5, 5.41) is 0. The predicted molar refractivity (Wildman–Crippen MR) is 166 cm³/mol. The van der Waals surface area contributed by atoms with Crippen molar-refractivity contribution in [1.29, 1.82) is 0 Å². The minimum atomic E-state index is -3.91. The number of unbranched alkanes of at least 4 members (excludes halogenated alkanes) is 20. The molecule has 0 radical (unpaired) electrons. The van der Waals surface area contributed by atoms with E-state index in [1.165, 1.54) is 142 Å². The van der Waals surface area contributed by atoms with E-state index in [-0.39, 0.29) is 0 Å². The lowest BCUT2D eigenvalue weighted by molar-refractivity contribution is 0.143. The van der Waals surface area contributed by atoms with E-state index in [0.717, 1.165) is 32.2 Å². The summed E-state index contributed by atoms with van der Waals surface area (Å²) in [4.78, 5) is 12.6. The molecule has 0 aromatic rings. The third-order valence-electron chi connectivity index (χ3n) is 7.53. The Morgan fingerprint density at radius 1 is 0.447 bits per heavy atom. The zero-order valence-corrected chi connectivity index (χ0v) is 27.0. The second-order valence-corrected chi connectivity index (χ2v) is 12.9. The monoisotopic (exact) mass is 561 g/mol. The van der Waals surface area contributed by atoms with E-state index in [0.29, 0.717) is 13.2 Å². The van der Waals surface area contributed by atoms with Crippen LogP contribution in [0.1, 0.15) is 175 Å². The van der Waals surface area contributed by atoms with E-state index in [2.05, 4.69) is 25.7 Å². The molecule has 0 fully saturated rings. The Kier molecular flexibility index (Phi) is 30.1. The van der Waals surface area contributed by atoms with Crippen LogP contribution in [0.2, 0.25) is 0 Å². The van der Waals surface area contributed by atoms with Crippen LogP contribution < -0.4 is 0 Å². The number of nitrogens with zero attached hydrogens (tertiary/aromatic N) is 1. The topological polar surface area (TPSA) is 59.0 Å². The molecular formula is C32H68NO4P. The minimum absolute atomic E-state index is 0.300. The van der Waals surface area contributed by atoms with Crippen molar-refractivity contribution >= 4 is 7.82 Å². The summed E-state index contributed by atoms with van der Waals surface area (Å²) < 4.78 is 22.6. The molecule has 0 spiro atoms. The van der Waals surface area contributed by atoms with Crippen LogP contribution in [0.3, 0.4) is 0 Å². The van der Waals surface area contributed by atoms with Gasteiger partial charge in [0.2, 0.25) is 0 Å². The number of rotatable bonds is 32. The molecule has 0 bridgehead atoms. The largest absolute Gasteiger partial charge is 0.472 e. The molecule has 38 heavy (non-hydrogen) atoms. The van der Waals surface area contributed by atoms with Crippen LogP contribution >= 0.6 is 7.82 Å². The number of hydrogen-bond donors (Lipinski definition) is 1. The molecule has 230 valence electrons. The van der Waals surface area contributed by atoms with Gasteiger partial charge in [-0.15, -0.1) is 0 Å². The van der Waals surface area contributed by atoms with E-state index < -0.39 is 7.82 Å². The first-order chi connectivity index (χ1) is 18.6. The van der Waals surface area contributed by atoms with Gasteiger partial charge in [0.25, 0.3) is 0 Å². The number of hydrogen-bond acceptors (Lipinski definition) is 4. The fourth-order valence-corrected chi connectivity index (χ4v) is 5.79. The molecular weight excluding hydrogens is 493 g/mol. The van der Waals surface area contributed by atoms with E-state index in [1.807, 2.05) is 0 Å². The molecule has 6 heteroatoms. The normalized spacial score (nSPS) is 13.4. The predicted octanol–water partition coefficient (Wildman–Crippen LogP) is 10.8. The summed E-state index contributed by atoms with van der Waals surface area (Å²) in [6, 6.07) is 0. The first-order valence-electron chi connectivity index (χ1n) is 16.9. The summed E-state index contributed by atoms with van der Waals surface area (Å²) in [7, 11) is -3.91. The number of phosphoric acid groups is 1. The Balaban J connectivity index is 4.00. The highest BCUT2D eigenvalue weighted by Crippen LogP contribution is 2.43. The molecule has 0 aromatic heterocycles. The van der Waals surface area contributed by atoms with Gasteiger partial charge in [0.05, 0.1) is 13.2 Å². The quantitative estimate of drug-likeness (QED) is 0.0654. The molecule has 0 rings (SSSR count). The second-order valence-electron chi connectivity index (χ2n) is 11.4. The maximum absolute atomic E-state index is 12.2. The first-order valence-corrected chi connectivity index (χ1v) is 18.4. The van der Waals surface area contributed by atoms with Crippen molar-refractivity contribution in [3.05, 3.63) is 0 Å². The summed E-state index contributed by atoms with van der Waals surface area (Å²) in [5.74, 6) is 0. The van der Waals surface area contributed by atoms with Gasteiger partial charge in [-0.3, -0.25) is 9.05 Å². The molecule has 0 aliphatic carbocycles. The summed E-state index contributed by atoms with van der Waals surface area (Å²) >= 11 is 0. The minimum Gasteiger partial charge on any atom is -0.303 e. The lowest BCUT2D eigenvalue weighted by Crippen LogP contribution is -2.27. The van der Waals surface area contributed by atoms with Crippen LogP contribution in [0.25, 0.3) is 0 Å². The summed E-state index contributed by atoms with van der Waals surface area (Å²) in [5.41, 5.74) is 0. The number of phosphoric ester groups is 1. The molecule has 0 amide bonds. The van der Waals surface area contributed by atoms with Gasteiger partial charge in [0.15, 0.2) is 0 Å². The van der Waals surface area contributed by atoms with E-state index >= 15 is 0 Å². The summed E-state index contributed by atoms with van der Waals surface area (Å²) in [6.45, 7) is 10.8. The van der Waals surface area contributed by atoms with Crippen molar-refractivity contribution in [3.8, 4) is 0 Å². The van der Waals surface area contributed by atoms with Crippen molar-refractivity contribution in [2.24, 2.45) is 0 Å². The molecule has 1 unspecified atom stereocenters. The van der Waals surface area contributed by atoms with Crippen LogP contribution in [-0.4, -0.2) is 42.6 Å². The molecule has 0 aliphatic rings. The van der Waals surface area contributed by atoms with Crippen molar-refractivity contribution in [2.45, 2.75) is 175 Å². The fraction of sp³-hybridized carbons (Fsp3) is 1.00. The second kappa shape index (κ2) is 30.0. The molecule has 0 aliphatic heterocycles. The maximum Gasteiger partial charge on any atom is 0.472 e. The van der Waals surface area contributed by atoms with Gasteiger partial charge in [-0.1, -0.05) is 143 Å². The van der Waals surface area contributed by atoms with E-state index in [9.17, 15) is 9.46 Å². The summed E-state index contributed by atoms with van der Waals surface area (Å²) in [6.07, 6.45) is 30.2. The molecule has 0 saturated carbocycles. The highest BCUT2D eigenvalue weighted by Gasteiger charge is 2.20. The van der Waals surface area contributed by atoms with Gasteiger partial charge in [-0.25, -0.2) is 4.57 Å². The SMILES string of the molecule is CCCCCCCCCCOP(=O)(O)OCCCCN(CCCCCCCCC)CCCCCCCCC. The van der Waals surface area contributed by atoms with Gasteiger partial charge in [0.1, 0.15) is 0 Å². The van der Waals surface area contributed by atoms with Crippen molar-refractivity contribution in [1.82, 2.24) is 4.90 Å². The van der Waals surface area contributed by atoms with Crippen LogP contribution in [0.5, 0.6) is 0 Å². The maximum atomic E-state index is 12.2.